The van der Waals surface area contributed by atoms with Gasteiger partial charge in [0.25, 0.3) is 0 Å². The molecule has 0 aromatic heterocycles. The number of nitrogens with zero attached hydrogens (tertiary/aromatic N) is 1. The van der Waals surface area contributed by atoms with Gasteiger partial charge >= 0.3 is 5.97 Å². The van der Waals surface area contributed by atoms with Crippen LogP contribution in [0.3, 0.4) is 0 Å². The lowest BCUT2D eigenvalue weighted by Crippen LogP contribution is -2.48. The Bertz CT molecular complexity index is 449. The second-order valence-corrected chi connectivity index (χ2v) is 5.94. The average Bonchev–Trinajstić information content (AvgIpc) is 2.52. The molecule has 1 heterocycles. The number of carboxylic acid groups (broad SMARTS) is 1. The molecule has 0 amide bonds. The first-order chi connectivity index (χ1) is 10.2. The molecule has 1 aliphatic heterocycles. The number of benzene rings is 1. The molecule has 1 saturated heterocycles. The maximum absolute atomic E-state index is 11.7. The monoisotopic (exact) mass is 291 g/mol. The Kier molecular flexibility index (Phi) is 5.76. The van der Waals surface area contributed by atoms with Gasteiger partial charge < -0.3 is 14.7 Å². The van der Waals surface area contributed by atoms with Gasteiger partial charge in [0.1, 0.15) is 0 Å². The topological polar surface area (TPSA) is 49.8 Å². The van der Waals surface area contributed by atoms with E-state index in [1.165, 1.54) is 5.56 Å². The van der Waals surface area contributed by atoms with Crippen molar-refractivity contribution < 1.29 is 14.6 Å². The van der Waals surface area contributed by atoms with Crippen LogP contribution in [0, 0.1) is 5.41 Å². The number of piperidine rings is 1. The van der Waals surface area contributed by atoms with Gasteiger partial charge in [0.05, 0.1) is 5.41 Å². The fourth-order valence-corrected chi connectivity index (χ4v) is 3.13. The highest BCUT2D eigenvalue weighted by atomic mass is 16.5. The van der Waals surface area contributed by atoms with Crippen molar-refractivity contribution in [1.29, 1.82) is 0 Å². The summed E-state index contributed by atoms with van der Waals surface area (Å²) in [5.74, 6) is -0.677. The lowest BCUT2D eigenvalue weighted by Gasteiger charge is -2.40. The average molecular weight is 291 g/mol. The summed E-state index contributed by atoms with van der Waals surface area (Å²) in [6.07, 6.45) is 3.28. The van der Waals surface area contributed by atoms with Gasteiger partial charge in [0, 0.05) is 26.8 Å². The minimum Gasteiger partial charge on any atom is -0.481 e. The van der Waals surface area contributed by atoms with E-state index < -0.39 is 11.4 Å². The molecule has 0 aliphatic carbocycles. The number of carboxylic acids is 1. The van der Waals surface area contributed by atoms with Crippen molar-refractivity contribution >= 4 is 5.97 Å². The van der Waals surface area contributed by atoms with Crippen LogP contribution in [0.5, 0.6) is 0 Å². The van der Waals surface area contributed by atoms with Crippen LogP contribution in [0.1, 0.15) is 24.8 Å². The second kappa shape index (κ2) is 7.57. The number of aliphatic carboxylic acids is 1. The van der Waals surface area contributed by atoms with Crippen LogP contribution in [0.4, 0.5) is 0 Å². The third-order valence-corrected chi connectivity index (χ3v) is 4.45. The predicted octanol–water partition coefficient (Wildman–Crippen LogP) is 2.43. The van der Waals surface area contributed by atoms with Crippen molar-refractivity contribution in [2.75, 3.05) is 33.4 Å². The normalized spacial score (nSPS) is 23.1. The largest absolute Gasteiger partial charge is 0.481 e. The molecule has 1 atom stereocenters. The summed E-state index contributed by atoms with van der Waals surface area (Å²) in [6.45, 7) is 3.07. The van der Waals surface area contributed by atoms with E-state index in [1.54, 1.807) is 7.11 Å². The van der Waals surface area contributed by atoms with Crippen LogP contribution in [-0.4, -0.2) is 49.3 Å². The number of hydrogen-bond acceptors (Lipinski definition) is 3. The van der Waals surface area contributed by atoms with Crippen LogP contribution >= 0.6 is 0 Å². The highest BCUT2D eigenvalue weighted by Crippen LogP contribution is 2.34. The number of rotatable bonds is 7. The quantitative estimate of drug-likeness (QED) is 0.838. The standard InChI is InChI=1S/C17H25NO3/c1-21-13-10-17(16(19)20)9-5-11-18(14-17)12-8-15-6-3-2-4-7-15/h2-4,6-7H,5,8-14H2,1H3,(H,19,20). The van der Waals surface area contributed by atoms with Gasteiger partial charge in [0.15, 0.2) is 0 Å². The molecule has 21 heavy (non-hydrogen) atoms. The van der Waals surface area contributed by atoms with Crippen molar-refractivity contribution in [3.8, 4) is 0 Å². The first kappa shape index (κ1) is 16.0. The Morgan fingerprint density at radius 1 is 1.38 bits per heavy atom. The van der Waals surface area contributed by atoms with Gasteiger partial charge in [-0.05, 0) is 37.8 Å². The minimum absolute atomic E-state index is 0.513. The number of hydrogen-bond donors (Lipinski definition) is 1. The Labute approximate surface area is 126 Å². The summed E-state index contributed by atoms with van der Waals surface area (Å²) >= 11 is 0. The van der Waals surface area contributed by atoms with Crippen molar-refractivity contribution in [2.24, 2.45) is 5.41 Å². The molecular formula is C17H25NO3. The zero-order valence-corrected chi connectivity index (χ0v) is 12.8. The molecule has 1 N–H and O–H groups in total. The molecule has 0 radical (unpaired) electrons. The van der Waals surface area contributed by atoms with E-state index in [1.807, 2.05) is 18.2 Å². The van der Waals surface area contributed by atoms with Crippen LogP contribution in [0.25, 0.3) is 0 Å². The maximum Gasteiger partial charge on any atom is 0.311 e. The highest BCUT2D eigenvalue weighted by Gasteiger charge is 2.41. The molecule has 4 heteroatoms. The third kappa shape index (κ3) is 4.29. The van der Waals surface area contributed by atoms with Crippen LogP contribution in [-0.2, 0) is 16.0 Å². The Hall–Kier alpha value is -1.39. The molecule has 0 saturated carbocycles. The van der Waals surface area contributed by atoms with Gasteiger partial charge in [-0.3, -0.25) is 4.79 Å². The summed E-state index contributed by atoms with van der Waals surface area (Å²) in [5.41, 5.74) is 0.672. The van der Waals surface area contributed by atoms with Crippen molar-refractivity contribution in [2.45, 2.75) is 25.7 Å². The first-order valence-electron chi connectivity index (χ1n) is 7.65. The zero-order valence-electron chi connectivity index (χ0n) is 12.8. The molecule has 0 bridgehead atoms. The second-order valence-electron chi connectivity index (χ2n) is 5.94. The number of methoxy groups -OCH3 is 1. The fourth-order valence-electron chi connectivity index (χ4n) is 3.13. The number of carbonyl (C=O) groups is 1. The zero-order chi connectivity index (χ0) is 15.1. The van der Waals surface area contributed by atoms with E-state index in [2.05, 4.69) is 17.0 Å². The predicted molar refractivity (Wildman–Crippen MR) is 82.4 cm³/mol. The maximum atomic E-state index is 11.7. The number of ether oxygens (including phenoxy) is 1. The molecule has 2 rings (SSSR count). The molecule has 4 nitrogen and oxygen atoms in total. The van der Waals surface area contributed by atoms with Crippen LogP contribution in [0.2, 0.25) is 0 Å². The van der Waals surface area contributed by atoms with E-state index in [-0.39, 0.29) is 0 Å². The van der Waals surface area contributed by atoms with Gasteiger partial charge in [0.2, 0.25) is 0 Å². The van der Waals surface area contributed by atoms with Crippen molar-refractivity contribution in [3.05, 3.63) is 35.9 Å². The molecule has 116 valence electrons. The third-order valence-electron chi connectivity index (χ3n) is 4.45. The smallest absolute Gasteiger partial charge is 0.311 e. The minimum atomic E-state index is -0.677. The summed E-state index contributed by atoms with van der Waals surface area (Å²) in [7, 11) is 1.63. The van der Waals surface area contributed by atoms with Crippen LogP contribution < -0.4 is 0 Å². The SMILES string of the molecule is COCCC1(C(=O)O)CCCN(CCc2ccccc2)C1. The highest BCUT2D eigenvalue weighted by molar-refractivity contribution is 5.75. The summed E-state index contributed by atoms with van der Waals surface area (Å²) in [5, 5.41) is 9.64. The van der Waals surface area contributed by atoms with E-state index in [0.29, 0.717) is 19.6 Å². The Morgan fingerprint density at radius 2 is 2.14 bits per heavy atom. The molecule has 1 aromatic rings. The van der Waals surface area contributed by atoms with Gasteiger partial charge in [-0.15, -0.1) is 0 Å². The molecule has 1 aliphatic rings. The molecule has 1 unspecified atom stereocenters. The molecule has 1 aromatic carbocycles. The first-order valence-corrected chi connectivity index (χ1v) is 7.65. The number of likely N-dealkylation sites (tertiary alicyclic amines) is 1. The Morgan fingerprint density at radius 3 is 2.81 bits per heavy atom. The van der Waals surface area contributed by atoms with Crippen molar-refractivity contribution in [1.82, 2.24) is 4.90 Å². The van der Waals surface area contributed by atoms with E-state index in [0.717, 1.165) is 32.4 Å². The van der Waals surface area contributed by atoms with E-state index in [9.17, 15) is 9.90 Å². The lowest BCUT2D eigenvalue weighted by atomic mass is 9.77. The summed E-state index contributed by atoms with van der Waals surface area (Å²) in [4.78, 5) is 14.0. The fraction of sp³-hybridized carbons (Fsp3) is 0.588. The van der Waals surface area contributed by atoms with Crippen molar-refractivity contribution in [3.63, 3.8) is 0 Å². The van der Waals surface area contributed by atoms with Gasteiger partial charge in [-0.2, -0.15) is 0 Å². The lowest BCUT2D eigenvalue weighted by molar-refractivity contribution is -0.154. The van der Waals surface area contributed by atoms with Crippen LogP contribution in [0.15, 0.2) is 30.3 Å². The van der Waals surface area contributed by atoms with Gasteiger partial charge in [-0.25, -0.2) is 0 Å². The molecule has 0 spiro atoms. The molecular weight excluding hydrogens is 266 g/mol. The summed E-state index contributed by atoms with van der Waals surface area (Å²) < 4.78 is 5.10. The van der Waals surface area contributed by atoms with Gasteiger partial charge in [-0.1, -0.05) is 30.3 Å². The van der Waals surface area contributed by atoms with E-state index in [4.69, 9.17) is 4.74 Å². The molecule has 1 fully saturated rings. The Balaban J connectivity index is 1.93. The summed E-state index contributed by atoms with van der Waals surface area (Å²) in [6, 6.07) is 10.4. The van der Waals surface area contributed by atoms with E-state index >= 15 is 0 Å².